The molecular formula is C19H26N4O. The van der Waals surface area contributed by atoms with Gasteiger partial charge >= 0.3 is 0 Å². The van der Waals surface area contributed by atoms with E-state index in [1.807, 2.05) is 54.7 Å². The fourth-order valence-corrected chi connectivity index (χ4v) is 3.70. The van der Waals surface area contributed by atoms with Crippen LogP contribution in [0.2, 0.25) is 0 Å². The highest BCUT2D eigenvalue weighted by atomic mass is 16.2. The molecule has 2 unspecified atom stereocenters. The van der Waals surface area contributed by atoms with Gasteiger partial charge in [-0.2, -0.15) is 5.10 Å². The molecule has 2 heterocycles. The second-order valence-corrected chi connectivity index (χ2v) is 6.79. The van der Waals surface area contributed by atoms with E-state index in [-0.39, 0.29) is 11.9 Å². The van der Waals surface area contributed by atoms with Gasteiger partial charge < -0.3 is 10.6 Å². The van der Waals surface area contributed by atoms with Crippen LogP contribution in [0, 0.1) is 20.8 Å². The van der Waals surface area contributed by atoms with E-state index in [9.17, 15) is 4.79 Å². The Hall–Kier alpha value is -2.14. The molecule has 3 rings (SSSR count). The van der Waals surface area contributed by atoms with Crippen LogP contribution in [0.1, 0.15) is 53.0 Å². The predicted molar refractivity (Wildman–Crippen MR) is 94.5 cm³/mol. The lowest BCUT2D eigenvalue weighted by Crippen LogP contribution is -2.38. The predicted octanol–water partition coefficient (Wildman–Crippen LogP) is 2.71. The van der Waals surface area contributed by atoms with E-state index in [1.165, 1.54) is 11.1 Å². The van der Waals surface area contributed by atoms with Crippen molar-refractivity contribution in [1.29, 1.82) is 0 Å². The number of amides is 1. The fourth-order valence-electron chi connectivity index (χ4n) is 3.70. The van der Waals surface area contributed by atoms with Gasteiger partial charge in [-0.25, -0.2) is 0 Å². The first-order valence-corrected chi connectivity index (χ1v) is 8.53. The van der Waals surface area contributed by atoms with E-state index >= 15 is 0 Å². The summed E-state index contributed by atoms with van der Waals surface area (Å²) in [6.45, 7) is 6.87. The summed E-state index contributed by atoms with van der Waals surface area (Å²) in [7, 11) is 1.95. The molecule has 24 heavy (non-hydrogen) atoms. The van der Waals surface area contributed by atoms with Crippen LogP contribution in [0.15, 0.2) is 24.3 Å². The Morgan fingerprint density at radius 3 is 2.50 bits per heavy atom. The summed E-state index contributed by atoms with van der Waals surface area (Å²) in [6, 6.07) is 7.37. The lowest BCUT2D eigenvalue weighted by Gasteiger charge is -2.28. The van der Waals surface area contributed by atoms with Gasteiger partial charge in [0.25, 0.3) is 0 Å². The van der Waals surface area contributed by atoms with Crippen molar-refractivity contribution < 1.29 is 4.79 Å². The fraction of sp³-hybridized carbons (Fsp3) is 0.474. The minimum Gasteiger partial charge on any atom is -0.334 e. The molecule has 0 spiro atoms. The average molecular weight is 326 g/mol. The summed E-state index contributed by atoms with van der Waals surface area (Å²) >= 11 is 0. The van der Waals surface area contributed by atoms with E-state index in [0.717, 1.165) is 36.3 Å². The normalized spacial score (nSPS) is 18.9. The van der Waals surface area contributed by atoms with Gasteiger partial charge in [-0.15, -0.1) is 0 Å². The lowest BCUT2D eigenvalue weighted by atomic mass is 10.0. The molecule has 0 aliphatic carbocycles. The summed E-state index contributed by atoms with van der Waals surface area (Å²) in [6.07, 6.45) is 1.98. The number of carbonyl (C=O) groups excluding carboxylic acids is 1. The van der Waals surface area contributed by atoms with Crippen molar-refractivity contribution in [2.24, 2.45) is 12.8 Å². The summed E-state index contributed by atoms with van der Waals surface area (Å²) in [4.78, 5) is 15.0. The van der Waals surface area contributed by atoms with Crippen molar-refractivity contribution in [2.75, 3.05) is 6.54 Å². The van der Waals surface area contributed by atoms with E-state index < -0.39 is 6.04 Å². The van der Waals surface area contributed by atoms with Crippen LogP contribution in [0.3, 0.4) is 0 Å². The van der Waals surface area contributed by atoms with Gasteiger partial charge in [0.05, 0.1) is 11.7 Å². The molecule has 1 fully saturated rings. The van der Waals surface area contributed by atoms with Crippen LogP contribution < -0.4 is 5.73 Å². The second-order valence-electron chi connectivity index (χ2n) is 6.79. The number of hydrogen-bond acceptors (Lipinski definition) is 3. The van der Waals surface area contributed by atoms with Crippen LogP contribution in [0.5, 0.6) is 0 Å². The van der Waals surface area contributed by atoms with E-state index in [0.29, 0.717) is 0 Å². The largest absolute Gasteiger partial charge is 0.334 e. The number of nitrogens with two attached hydrogens (primary N) is 1. The molecule has 1 aliphatic heterocycles. The Kier molecular flexibility index (Phi) is 4.45. The minimum atomic E-state index is -0.608. The molecule has 0 saturated carbocycles. The Labute approximate surface area is 143 Å². The number of hydrogen-bond donors (Lipinski definition) is 1. The number of nitrogens with zero attached hydrogens (tertiary/aromatic N) is 3. The SMILES string of the molecule is Cc1ccc(C(N)C(=O)N2CCCC2c2c(C)nn(C)c2C)cc1. The first kappa shape index (κ1) is 16.7. The molecule has 2 atom stereocenters. The third kappa shape index (κ3) is 2.84. The van der Waals surface area contributed by atoms with E-state index in [2.05, 4.69) is 12.0 Å². The highest BCUT2D eigenvalue weighted by Crippen LogP contribution is 2.36. The molecule has 2 N–H and O–H groups in total. The highest BCUT2D eigenvalue weighted by Gasteiger charge is 2.35. The van der Waals surface area contributed by atoms with Gasteiger partial charge in [0, 0.05) is 24.8 Å². The van der Waals surface area contributed by atoms with Crippen LogP contribution in [0.4, 0.5) is 0 Å². The molecule has 0 bridgehead atoms. The Balaban J connectivity index is 1.87. The molecular weight excluding hydrogens is 300 g/mol. The molecule has 5 nitrogen and oxygen atoms in total. The van der Waals surface area contributed by atoms with Gasteiger partial charge in [-0.3, -0.25) is 9.48 Å². The van der Waals surface area contributed by atoms with Gasteiger partial charge in [-0.05, 0) is 39.2 Å². The van der Waals surface area contributed by atoms with Crippen molar-refractivity contribution in [3.8, 4) is 0 Å². The van der Waals surface area contributed by atoms with Crippen molar-refractivity contribution in [2.45, 2.75) is 45.7 Å². The topological polar surface area (TPSA) is 64.2 Å². The number of aromatic nitrogens is 2. The molecule has 5 heteroatoms. The summed E-state index contributed by atoms with van der Waals surface area (Å²) < 4.78 is 1.89. The molecule has 0 radical (unpaired) electrons. The van der Waals surface area contributed by atoms with Crippen molar-refractivity contribution >= 4 is 5.91 Å². The van der Waals surface area contributed by atoms with Gasteiger partial charge in [0.1, 0.15) is 6.04 Å². The standard InChI is InChI=1S/C19H26N4O/c1-12-7-9-15(10-8-12)18(20)19(24)23-11-5-6-16(23)17-13(2)21-22(4)14(17)3/h7-10,16,18H,5-6,11,20H2,1-4H3. The van der Waals surface area contributed by atoms with Crippen LogP contribution >= 0.6 is 0 Å². The zero-order valence-electron chi connectivity index (χ0n) is 14.9. The van der Waals surface area contributed by atoms with Crippen molar-refractivity contribution in [3.05, 3.63) is 52.3 Å². The van der Waals surface area contributed by atoms with E-state index in [4.69, 9.17) is 5.73 Å². The molecule has 1 aromatic carbocycles. The number of likely N-dealkylation sites (tertiary alicyclic amines) is 1. The smallest absolute Gasteiger partial charge is 0.244 e. The highest BCUT2D eigenvalue weighted by molar-refractivity contribution is 5.83. The van der Waals surface area contributed by atoms with Crippen LogP contribution in [-0.4, -0.2) is 27.1 Å². The Bertz CT molecular complexity index is 747. The maximum absolute atomic E-state index is 13.0. The molecule has 1 aromatic heterocycles. The molecule has 1 saturated heterocycles. The van der Waals surface area contributed by atoms with Gasteiger partial charge in [-0.1, -0.05) is 29.8 Å². The van der Waals surface area contributed by atoms with Crippen molar-refractivity contribution in [1.82, 2.24) is 14.7 Å². The number of aryl methyl sites for hydroxylation is 3. The molecule has 1 aliphatic rings. The quantitative estimate of drug-likeness (QED) is 0.943. The zero-order chi connectivity index (χ0) is 17.4. The first-order valence-electron chi connectivity index (χ1n) is 8.53. The maximum Gasteiger partial charge on any atom is 0.244 e. The third-order valence-corrected chi connectivity index (χ3v) is 5.14. The number of carbonyl (C=O) groups is 1. The first-order chi connectivity index (χ1) is 11.4. The lowest BCUT2D eigenvalue weighted by molar-refractivity contribution is -0.133. The summed E-state index contributed by atoms with van der Waals surface area (Å²) in [5.41, 5.74) is 11.6. The summed E-state index contributed by atoms with van der Waals surface area (Å²) in [5, 5.41) is 4.51. The number of benzene rings is 1. The van der Waals surface area contributed by atoms with Crippen molar-refractivity contribution in [3.63, 3.8) is 0 Å². The van der Waals surface area contributed by atoms with Crippen LogP contribution in [0.25, 0.3) is 0 Å². The average Bonchev–Trinajstić information content (AvgIpc) is 3.12. The summed E-state index contributed by atoms with van der Waals surface area (Å²) in [5.74, 6) is 0.00371. The van der Waals surface area contributed by atoms with Gasteiger partial charge in [0.2, 0.25) is 5.91 Å². The van der Waals surface area contributed by atoms with Gasteiger partial charge in [0.15, 0.2) is 0 Å². The molecule has 2 aromatic rings. The molecule has 128 valence electrons. The number of rotatable bonds is 3. The monoisotopic (exact) mass is 326 g/mol. The molecule has 1 amide bonds. The third-order valence-electron chi connectivity index (χ3n) is 5.14. The van der Waals surface area contributed by atoms with E-state index in [1.54, 1.807) is 0 Å². The Morgan fingerprint density at radius 2 is 1.92 bits per heavy atom. The second kappa shape index (κ2) is 6.40. The Morgan fingerprint density at radius 1 is 1.25 bits per heavy atom. The maximum atomic E-state index is 13.0. The van der Waals surface area contributed by atoms with Crippen LogP contribution in [-0.2, 0) is 11.8 Å². The zero-order valence-corrected chi connectivity index (χ0v) is 14.9. The minimum absolute atomic E-state index is 0.00371.